The Morgan fingerprint density at radius 3 is 2.76 bits per heavy atom. The van der Waals surface area contributed by atoms with Crippen LogP contribution in [0.4, 0.5) is 0 Å². The molecule has 0 aliphatic carbocycles. The molecular weight excluding hydrogens is 240 g/mol. The molecule has 0 aromatic carbocycles. The lowest BCUT2D eigenvalue weighted by atomic mass is 10.2. The van der Waals surface area contributed by atoms with Crippen LogP contribution in [-0.2, 0) is 16.6 Å². The summed E-state index contributed by atoms with van der Waals surface area (Å²) >= 11 is 0. The molecule has 0 amide bonds. The molecule has 1 aromatic rings. The Morgan fingerprint density at radius 1 is 1.59 bits per heavy atom. The van der Waals surface area contributed by atoms with Gasteiger partial charge in [-0.2, -0.15) is 0 Å². The van der Waals surface area contributed by atoms with Crippen molar-refractivity contribution in [2.75, 3.05) is 0 Å². The highest BCUT2D eigenvalue weighted by Gasteiger charge is 2.13. The van der Waals surface area contributed by atoms with Gasteiger partial charge in [0.2, 0.25) is 5.09 Å². The van der Waals surface area contributed by atoms with Crippen LogP contribution < -0.4 is 10.5 Å². The average Bonchev–Trinajstić information content (AvgIpc) is 2.72. The minimum absolute atomic E-state index is 0.0389. The molecule has 0 radical (unpaired) electrons. The normalized spacial score (nSPS) is 13.2. The number of hydrogen-bond donors (Lipinski definition) is 2. The van der Waals surface area contributed by atoms with Gasteiger partial charge in [0.05, 0.1) is 12.6 Å². The van der Waals surface area contributed by atoms with Gasteiger partial charge >= 0.3 is 0 Å². The molecule has 0 saturated carbocycles. The standard InChI is InChI=1S/C11H16N2O3S/c1-3-5-9(4-2)13-8-10-6-7-11(16-10)17(12,14)15/h2,6-7,9,13H,3,5,8H2,1H3,(H2,12,14,15). The summed E-state index contributed by atoms with van der Waals surface area (Å²) in [5, 5.41) is 7.78. The number of terminal acetylenes is 1. The Hall–Kier alpha value is -1.29. The Kier molecular flexibility index (Phi) is 4.75. The number of rotatable bonds is 6. The van der Waals surface area contributed by atoms with E-state index in [-0.39, 0.29) is 11.1 Å². The summed E-state index contributed by atoms with van der Waals surface area (Å²) in [7, 11) is -3.77. The van der Waals surface area contributed by atoms with E-state index in [1.54, 1.807) is 6.07 Å². The molecule has 0 bridgehead atoms. The predicted octanol–water partition coefficient (Wildman–Crippen LogP) is 0.819. The Labute approximate surface area is 101 Å². The fourth-order valence-electron chi connectivity index (χ4n) is 1.36. The molecule has 6 heteroatoms. The van der Waals surface area contributed by atoms with Gasteiger partial charge in [0.1, 0.15) is 5.76 Å². The van der Waals surface area contributed by atoms with Crippen molar-refractivity contribution in [3.05, 3.63) is 17.9 Å². The number of nitrogens with one attached hydrogen (secondary N) is 1. The zero-order valence-corrected chi connectivity index (χ0v) is 10.5. The maximum absolute atomic E-state index is 11.0. The van der Waals surface area contributed by atoms with Crippen LogP contribution in [-0.4, -0.2) is 14.5 Å². The van der Waals surface area contributed by atoms with Crippen LogP contribution in [0, 0.1) is 12.3 Å². The minimum atomic E-state index is -3.77. The Morgan fingerprint density at radius 2 is 2.29 bits per heavy atom. The molecule has 3 N–H and O–H groups in total. The molecule has 94 valence electrons. The molecule has 1 aromatic heterocycles. The van der Waals surface area contributed by atoms with E-state index < -0.39 is 10.0 Å². The van der Waals surface area contributed by atoms with Gasteiger partial charge in [-0.15, -0.1) is 6.42 Å². The highest BCUT2D eigenvalue weighted by atomic mass is 32.2. The smallest absolute Gasteiger partial charge is 0.271 e. The third kappa shape index (κ3) is 4.23. The molecule has 0 saturated heterocycles. The van der Waals surface area contributed by atoms with Gasteiger partial charge in [0.15, 0.2) is 0 Å². The van der Waals surface area contributed by atoms with E-state index in [0.717, 1.165) is 12.8 Å². The number of nitrogens with two attached hydrogens (primary N) is 1. The summed E-state index contributed by atoms with van der Waals surface area (Å²) in [6.07, 6.45) is 7.17. The largest absolute Gasteiger partial charge is 0.447 e. The van der Waals surface area contributed by atoms with E-state index in [0.29, 0.717) is 12.3 Å². The van der Waals surface area contributed by atoms with E-state index >= 15 is 0 Å². The zero-order valence-electron chi connectivity index (χ0n) is 9.64. The third-order valence-electron chi connectivity index (χ3n) is 2.22. The first-order chi connectivity index (χ1) is 7.97. The summed E-state index contributed by atoms with van der Waals surface area (Å²) in [5.41, 5.74) is 0. The summed E-state index contributed by atoms with van der Waals surface area (Å²) in [6.45, 7) is 2.42. The van der Waals surface area contributed by atoms with Crippen molar-refractivity contribution in [2.24, 2.45) is 5.14 Å². The topological polar surface area (TPSA) is 85.3 Å². The second kappa shape index (κ2) is 5.87. The van der Waals surface area contributed by atoms with Gasteiger partial charge in [0, 0.05) is 0 Å². The number of primary sulfonamides is 1. The van der Waals surface area contributed by atoms with Crippen molar-refractivity contribution in [1.29, 1.82) is 0 Å². The summed E-state index contributed by atoms with van der Waals surface area (Å²) in [4.78, 5) is 0. The molecule has 1 atom stereocenters. The number of sulfonamides is 1. The molecule has 0 aliphatic rings. The minimum Gasteiger partial charge on any atom is -0.447 e. The SMILES string of the molecule is C#CC(CCC)NCc1ccc(S(N)(=O)=O)o1. The highest BCUT2D eigenvalue weighted by Crippen LogP contribution is 2.12. The fourth-order valence-corrected chi connectivity index (χ4v) is 1.84. The van der Waals surface area contributed by atoms with Gasteiger partial charge in [-0.25, -0.2) is 13.6 Å². The molecule has 1 unspecified atom stereocenters. The lowest BCUT2D eigenvalue weighted by molar-refractivity contribution is 0.395. The lowest BCUT2D eigenvalue weighted by Crippen LogP contribution is -2.26. The molecular formula is C11H16N2O3S. The van der Waals surface area contributed by atoms with Crippen LogP contribution in [0.15, 0.2) is 21.6 Å². The zero-order chi connectivity index (χ0) is 12.9. The van der Waals surface area contributed by atoms with Crippen LogP contribution in [0.3, 0.4) is 0 Å². The van der Waals surface area contributed by atoms with E-state index in [1.165, 1.54) is 6.07 Å². The van der Waals surface area contributed by atoms with Crippen LogP contribution in [0.2, 0.25) is 0 Å². The van der Waals surface area contributed by atoms with Gasteiger partial charge in [-0.1, -0.05) is 19.3 Å². The van der Waals surface area contributed by atoms with Crippen LogP contribution in [0.1, 0.15) is 25.5 Å². The number of hydrogen-bond acceptors (Lipinski definition) is 4. The van der Waals surface area contributed by atoms with Crippen molar-refractivity contribution in [1.82, 2.24) is 5.32 Å². The first kappa shape index (κ1) is 13.8. The van der Waals surface area contributed by atoms with Crippen LogP contribution >= 0.6 is 0 Å². The van der Waals surface area contributed by atoms with E-state index in [4.69, 9.17) is 16.0 Å². The average molecular weight is 256 g/mol. The second-order valence-electron chi connectivity index (χ2n) is 3.65. The fraction of sp³-hybridized carbons (Fsp3) is 0.455. The van der Waals surface area contributed by atoms with E-state index in [1.807, 2.05) is 6.92 Å². The second-order valence-corrected chi connectivity index (χ2v) is 5.15. The number of furan rings is 1. The molecule has 0 spiro atoms. The lowest BCUT2D eigenvalue weighted by Gasteiger charge is -2.09. The molecule has 1 rings (SSSR count). The molecule has 1 heterocycles. The van der Waals surface area contributed by atoms with Crippen molar-refractivity contribution < 1.29 is 12.8 Å². The summed E-state index contributed by atoms with van der Waals surface area (Å²) in [5.74, 6) is 3.11. The van der Waals surface area contributed by atoms with E-state index in [2.05, 4.69) is 11.2 Å². The van der Waals surface area contributed by atoms with Crippen molar-refractivity contribution in [3.63, 3.8) is 0 Å². The van der Waals surface area contributed by atoms with Gasteiger partial charge < -0.3 is 4.42 Å². The molecule has 17 heavy (non-hydrogen) atoms. The first-order valence-corrected chi connectivity index (χ1v) is 6.83. The molecule has 0 fully saturated rings. The van der Waals surface area contributed by atoms with E-state index in [9.17, 15) is 8.42 Å². The first-order valence-electron chi connectivity index (χ1n) is 5.28. The summed E-state index contributed by atoms with van der Waals surface area (Å²) in [6, 6.07) is 2.85. The van der Waals surface area contributed by atoms with Crippen molar-refractivity contribution >= 4 is 10.0 Å². The van der Waals surface area contributed by atoms with Crippen molar-refractivity contribution in [3.8, 4) is 12.3 Å². The maximum atomic E-state index is 11.0. The Balaban J connectivity index is 2.59. The van der Waals surface area contributed by atoms with Crippen LogP contribution in [0.5, 0.6) is 0 Å². The van der Waals surface area contributed by atoms with Gasteiger partial charge in [-0.05, 0) is 18.6 Å². The van der Waals surface area contributed by atoms with Crippen molar-refractivity contribution in [2.45, 2.75) is 37.4 Å². The van der Waals surface area contributed by atoms with Gasteiger partial charge in [-0.3, -0.25) is 5.32 Å². The Bertz CT molecular complexity index is 499. The summed E-state index contributed by atoms with van der Waals surface area (Å²) < 4.78 is 27.0. The maximum Gasteiger partial charge on any atom is 0.271 e. The third-order valence-corrected chi connectivity index (χ3v) is 3.00. The highest BCUT2D eigenvalue weighted by molar-refractivity contribution is 7.89. The van der Waals surface area contributed by atoms with Crippen LogP contribution in [0.25, 0.3) is 0 Å². The quantitative estimate of drug-likeness (QED) is 0.738. The monoisotopic (exact) mass is 256 g/mol. The predicted molar refractivity (Wildman–Crippen MR) is 64.4 cm³/mol. The molecule has 0 aliphatic heterocycles. The molecule has 5 nitrogen and oxygen atoms in total. The van der Waals surface area contributed by atoms with Gasteiger partial charge in [0.25, 0.3) is 10.0 Å².